The van der Waals surface area contributed by atoms with Gasteiger partial charge in [-0.1, -0.05) is 24.3 Å². The molecule has 0 aliphatic rings. The second-order valence-corrected chi connectivity index (χ2v) is 4.67. The highest BCUT2D eigenvalue weighted by molar-refractivity contribution is 5.70. The number of hydrogen-bond donors (Lipinski definition) is 0. The molecule has 0 aliphatic carbocycles. The van der Waals surface area contributed by atoms with Crippen LogP contribution in [0.3, 0.4) is 0 Å². The van der Waals surface area contributed by atoms with E-state index < -0.39 is 4.92 Å². The Morgan fingerprint density at radius 1 is 0.900 bits per heavy atom. The summed E-state index contributed by atoms with van der Waals surface area (Å²) in [6, 6.07) is 14.7. The SMILES string of the molecule is CN(C)c1ccc(C=Cc2ccc([N+](=O)[O-])cc2)cc1. The molecule has 2 aromatic carbocycles. The van der Waals surface area contributed by atoms with Crippen LogP contribution in [0.15, 0.2) is 48.5 Å². The Morgan fingerprint density at radius 2 is 1.35 bits per heavy atom. The second-order valence-electron chi connectivity index (χ2n) is 4.67. The molecule has 2 aromatic rings. The molecule has 4 nitrogen and oxygen atoms in total. The van der Waals surface area contributed by atoms with Gasteiger partial charge < -0.3 is 4.90 Å². The molecule has 4 heteroatoms. The van der Waals surface area contributed by atoms with Crippen LogP contribution in [0.4, 0.5) is 11.4 Å². The minimum Gasteiger partial charge on any atom is -0.378 e. The number of nitro groups is 1. The standard InChI is InChI=1S/C16H16N2O2/c1-17(2)15-9-5-13(6-10-15)3-4-14-7-11-16(12-8-14)18(19)20/h3-12H,1-2H3. The Morgan fingerprint density at radius 3 is 1.75 bits per heavy atom. The normalized spacial score (nSPS) is 10.7. The Kier molecular flexibility index (Phi) is 4.15. The Hall–Kier alpha value is -2.62. The highest BCUT2D eigenvalue weighted by Gasteiger charge is 2.02. The zero-order valence-electron chi connectivity index (χ0n) is 11.5. The predicted octanol–water partition coefficient (Wildman–Crippen LogP) is 3.83. The van der Waals surface area contributed by atoms with E-state index in [0.29, 0.717) is 0 Å². The lowest BCUT2D eigenvalue weighted by Crippen LogP contribution is -2.07. The summed E-state index contributed by atoms with van der Waals surface area (Å²) in [5.74, 6) is 0. The topological polar surface area (TPSA) is 46.4 Å². The van der Waals surface area contributed by atoms with E-state index in [1.54, 1.807) is 12.1 Å². The number of hydrogen-bond acceptors (Lipinski definition) is 3. The lowest BCUT2D eigenvalue weighted by molar-refractivity contribution is -0.384. The van der Waals surface area contributed by atoms with Crippen LogP contribution in [-0.4, -0.2) is 19.0 Å². The first-order valence-electron chi connectivity index (χ1n) is 6.26. The first-order chi connectivity index (χ1) is 9.56. The van der Waals surface area contributed by atoms with Crippen molar-refractivity contribution in [3.8, 4) is 0 Å². The molecule has 0 saturated heterocycles. The fourth-order valence-electron chi connectivity index (χ4n) is 1.78. The summed E-state index contributed by atoms with van der Waals surface area (Å²) in [4.78, 5) is 12.2. The number of non-ortho nitro benzene ring substituents is 1. The zero-order chi connectivity index (χ0) is 14.5. The number of nitrogens with zero attached hydrogens (tertiary/aromatic N) is 2. The number of anilines is 1. The summed E-state index contributed by atoms with van der Waals surface area (Å²) in [7, 11) is 4.00. The fourth-order valence-corrected chi connectivity index (χ4v) is 1.78. The van der Waals surface area contributed by atoms with Gasteiger partial charge in [-0.2, -0.15) is 0 Å². The van der Waals surface area contributed by atoms with Crippen molar-refractivity contribution in [1.82, 2.24) is 0 Å². The lowest BCUT2D eigenvalue weighted by Gasteiger charge is -2.11. The van der Waals surface area contributed by atoms with Crippen LogP contribution in [0, 0.1) is 10.1 Å². The molecule has 0 saturated carbocycles. The Balaban J connectivity index is 2.10. The third-order valence-electron chi connectivity index (χ3n) is 2.98. The van der Waals surface area contributed by atoms with Gasteiger partial charge in [-0.25, -0.2) is 0 Å². The zero-order valence-corrected chi connectivity index (χ0v) is 11.5. The van der Waals surface area contributed by atoms with E-state index in [1.807, 2.05) is 43.3 Å². The maximum Gasteiger partial charge on any atom is 0.269 e. The Labute approximate surface area is 118 Å². The molecular formula is C16H16N2O2. The third-order valence-corrected chi connectivity index (χ3v) is 2.98. The summed E-state index contributed by atoms with van der Waals surface area (Å²) in [6.45, 7) is 0. The second kappa shape index (κ2) is 6.02. The minimum absolute atomic E-state index is 0.109. The van der Waals surface area contributed by atoms with Crippen molar-refractivity contribution in [2.24, 2.45) is 0 Å². The van der Waals surface area contributed by atoms with Gasteiger partial charge in [0.15, 0.2) is 0 Å². The van der Waals surface area contributed by atoms with Gasteiger partial charge in [-0.15, -0.1) is 0 Å². The number of benzene rings is 2. The Bertz CT molecular complexity index is 614. The van der Waals surface area contributed by atoms with Gasteiger partial charge >= 0.3 is 0 Å². The van der Waals surface area contributed by atoms with E-state index in [1.165, 1.54) is 12.1 Å². The van der Waals surface area contributed by atoms with E-state index in [4.69, 9.17) is 0 Å². The maximum absolute atomic E-state index is 10.6. The van der Waals surface area contributed by atoms with Gasteiger partial charge in [0.25, 0.3) is 5.69 Å². The highest BCUT2D eigenvalue weighted by Crippen LogP contribution is 2.16. The lowest BCUT2D eigenvalue weighted by atomic mass is 10.1. The van der Waals surface area contributed by atoms with Crippen molar-refractivity contribution in [3.63, 3.8) is 0 Å². The van der Waals surface area contributed by atoms with Crippen LogP contribution in [0.2, 0.25) is 0 Å². The van der Waals surface area contributed by atoms with Gasteiger partial charge in [-0.05, 0) is 35.4 Å². The predicted molar refractivity (Wildman–Crippen MR) is 82.8 cm³/mol. The number of nitro benzene ring substituents is 1. The molecular weight excluding hydrogens is 252 g/mol. The van der Waals surface area contributed by atoms with Crippen LogP contribution in [0.5, 0.6) is 0 Å². The van der Waals surface area contributed by atoms with Crippen LogP contribution in [-0.2, 0) is 0 Å². The van der Waals surface area contributed by atoms with Crippen LogP contribution in [0.25, 0.3) is 12.2 Å². The van der Waals surface area contributed by atoms with Crippen molar-refractivity contribution in [1.29, 1.82) is 0 Å². The van der Waals surface area contributed by atoms with Gasteiger partial charge in [0, 0.05) is 31.9 Å². The van der Waals surface area contributed by atoms with Crippen molar-refractivity contribution in [2.45, 2.75) is 0 Å². The molecule has 0 aliphatic heterocycles. The van der Waals surface area contributed by atoms with Gasteiger partial charge in [0.05, 0.1) is 4.92 Å². The van der Waals surface area contributed by atoms with Crippen molar-refractivity contribution in [3.05, 3.63) is 69.8 Å². The first kappa shape index (κ1) is 13.8. The maximum atomic E-state index is 10.6. The smallest absolute Gasteiger partial charge is 0.269 e. The average Bonchev–Trinajstić information content (AvgIpc) is 2.46. The van der Waals surface area contributed by atoms with Gasteiger partial charge in [-0.3, -0.25) is 10.1 Å². The van der Waals surface area contributed by atoms with Crippen LogP contribution < -0.4 is 4.90 Å². The van der Waals surface area contributed by atoms with Crippen LogP contribution >= 0.6 is 0 Å². The molecule has 0 N–H and O–H groups in total. The molecule has 0 fully saturated rings. The molecule has 102 valence electrons. The molecule has 0 amide bonds. The summed E-state index contributed by atoms with van der Waals surface area (Å²) < 4.78 is 0. The van der Waals surface area contributed by atoms with E-state index >= 15 is 0 Å². The summed E-state index contributed by atoms with van der Waals surface area (Å²) >= 11 is 0. The largest absolute Gasteiger partial charge is 0.378 e. The molecule has 0 spiro atoms. The quantitative estimate of drug-likeness (QED) is 0.481. The van der Waals surface area contributed by atoms with Crippen LogP contribution in [0.1, 0.15) is 11.1 Å². The third kappa shape index (κ3) is 3.45. The van der Waals surface area contributed by atoms with Crippen molar-refractivity contribution < 1.29 is 4.92 Å². The van der Waals surface area contributed by atoms with Gasteiger partial charge in [0.1, 0.15) is 0 Å². The molecule has 2 rings (SSSR count). The first-order valence-corrected chi connectivity index (χ1v) is 6.26. The van der Waals surface area contributed by atoms with E-state index in [9.17, 15) is 10.1 Å². The molecule has 0 aromatic heterocycles. The molecule has 0 radical (unpaired) electrons. The molecule has 0 unspecified atom stereocenters. The minimum atomic E-state index is -0.395. The summed E-state index contributed by atoms with van der Waals surface area (Å²) in [6.07, 6.45) is 3.93. The van der Waals surface area contributed by atoms with E-state index in [-0.39, 0.29) is 5.69 Å². The van der Waals surface area contributed by atoms with Crippen molar-refractivity contribution in [2.75, 3.05) is 19.0 Å². The molecule has 0 atom stereocenters. The van der Waals surface area contributed by atoms with Crippen molar-refractivity contribution >= 4 is 23.5 Å². The molecule has 0 heterocycles. The molecule has 0 bridgehead atoms. The average molecular weight is 268 g/mol. The van der Waals surface area contributed by atoms with E-state index in [0.717, 1.165) is 16.8 Å². The summed E-state index contributed by atoms with van der Waals surface area (Å²) in [5, 5.41) is 10.6. The van der Waals surface area contributed by atoms with E-state index in [2.05, 4.69) is 12.1 Å². The summed E-state index contributed by atoms with van der Waals surface area (Å²) in [5.41, 5.74) is 3.29. The monoisotopic (exact) mass is 268 g/mol. The van der Waals surface area contributed by atoms with Gasteiger partial charge in [0.2, 0.25) is 0 Å². The highest BCUT2D eigenvalue weighted by atomic mass is 16.6. The number of rotatable bonds is 4. The fraction of sp³-hybridized carbons (Fsp3) is 0.125. The molecule has 20 heavy (non-hydrogen) atoms.